The van der Waals surface area contributed by atoms with Gasteiger partial charge in [-0.25, -0.2) is 0 Å². The molecule has 0 atom stereocenters. The first-order valence-electron chi connectivity index (χ1n) is 13.9. The smallest absolute Gasteiger partial charge is 0.247 e. The maximum atomic E-state index is 8.84. The molecule has 0 saturated heterocycles. The number of hydrogen-bond donors (Lipinski definition) is 0. The third kappa shape index (κ3) is 2.67. The van der Waals surface area contributed by atoms with E-state index in [2.05, 4.69) is 65.2 Å². The number of hydrogen-bond acceptors (Lipinski definition) is 2. The first kappa shape index (κ1) is 16.0. The van der Waals surface area contributed by atoms with Crippen LogP contribution in [0, 0.1) is 0 Å². The minimum Gasteiger partial charge on any atom is -0.313 e. The second-order valence-corrected chi connectivity index (χ2v) is 11.4. The van der Waals surface area contributed by atoms with Crippen LogP contribution in [0.3, 0.4) is 0 Å². The van der Waals surface area contributed by atoms with Gasteiger partial charge in [-0.15, -0.1) is 0 Å². The highest BCUT2D eigenvalue weighted by atomic mass is 32.2. The molecule has 3 aliphatic rings. The van der Waals surface area contributed by atoms with Gasteiger partial charge in [-0.2, -0.15) is 0 Å². The number of aryl methyl sites for hydroxylation is 1. The van der Waals surface area contributed by atoms with E-state index in [1.807, 2.05) is 23.5 Å². The lowest BCUT2D eigenvalue weighted by atomic mass is 9.36. The van der Waals surface area contributed by atoms with Crippen LogP contribution < -0.4 is 16.4 Å². The maximum Gasteiger partial charge on any atom is 0.247 e. The van der Waals surface area contributed by atoms with Gasteiger partial charge in [-0.1, -0.05) is 82.9 Å². The summed E-state index contributed by atoms with van der Waals surface area (Å²) >= 11 is 3.67. The molecule has 1 nitrogen and oxygen atoms in total. The highest BCUT2D eigenvalue weighted by molar-refractivity contribution is 8.01. The van der Waals surface area contributed by atoms with Crippen LogP contribution in [0.1, 0.15) is 29.6 Å². The van der Waals surface area contributed by atoms with Crippen molar-refractivity contribution < 1.29 is 5.48 Å². The number of benzene rings is 4. The van der Waals surface area contributed by atoms with E-state index in [0.29, 0.717) is 10.9 Å². The molecule has 34 heavy (non-hydrogen) atoms. The summed E-state index contributed by atoms with van der Waals surface area (Å²) in [6.07, 6.45) is 3.85. The van der Waals surface area contributed by atoms with Crippen LogP contribution in [0.15, 0.2) is 104 Å². The SMILES string of the molecule is [2H]c1c([2H])c([2H])c2c(c1[2H])c1c(n2-c2ccc3c(c2)Sc2cccc4c2B3c2ccccc2S4)CCCC1. The topological polar surface area (TPSA) is 4.93 Å². The molecule has 1 aliphatic carbocycles. The molecule has 1 aromatic heterocycles. The largest absolute Gasteiger partial charge is 0.313 e. The first-order chi connectivity index (χ1) is 18.5. The molecule has 5 aromatic rings. The van der Waals surface area contributed by atoms with Gasteiger partial charge in [0.2, 0.25) is 6.71 Å². The molecule has 4 heteroatoms. The van der Waals surface area contributed by atoms with Crippen molar-refractivity contribution in [1.29, 1.82) is 0 Å². The molecule has 0 bridgehead atoms. The quantitative estimate of drug-likeness (QED) is 0.270. The molecule has 0 fully saturated rings. The molecular weight excluding hydrogens is 449 g/mol. The predicted octanol–water partition coefficient (Wildman–Crippen LogP) is 5.95. The fraction of sp³-hybridized carbons (Fsp3) is 0.133. The Morgan fingerprint density at radius 1 is 0.765 bits per heavy atom. The Labute approximate surface area is 214 Å². The zero-order valence-electron chi connectivity index (χ0n) is 22.4. The molecule has 0 unspecified atom stereocenters. The highest BCUT2D eigenvalue weighted by Crippen LogP contribution is 2.40. The van der Waals surface area contributed by atoms with Crippen molar-refractivity contribution in [1.82, 2.24) is 4.57 Å². The first-order valence-corrected chi connectivity index (χ1v) is 13.5. The van der Waals surface area contributed by atoms with Crippen molar-refractivity contribution >= 4 is 57.5 Å². The molecular formula is C30H22BNS2. The molecule has 0 amide bonds. The van der Waals surface area contributed by atoms with Crippen molar-refractivity contribution in [3.05, 3.63) is 96.1 Å². The van der Waals surface area contributed by atoms with E-state index in [4.69, 9.17) is 5.48 Å². The van der Waals surface area contributed by atoms with Gasteiger partial charge in [0.1, 0.15) is 0 Å². The van der Waals surface area contributed by atoms with Crippen molar-refractivity contribution in [3.8, 4) is 5.69 Å². The fourth-order valence-corrected chi connectivity index (χ4v) is 8.46. The minimum absolute atomic E-state index is 0.0500. The maximum absolute atomic E-state index is 8.84. The van der Waals surface area contributed by atoms with E-state index in [9.17, 15) is 0 Å². The Hall–Kier alpha value is -2.82. The van der Waals surface area contributed by atoms with E-state index >= 15 is 0 Å². The van der Waals surface area contributed by atoms with Crippen LogP contribution in [0.2, 0.25) is 0 Å². The molecule has 2 aliphatic heterocycles. The molecule has 0 N–H and O–H groups in total. The van der Waals surface area contributed by atoms with Gasteiger partial charge in [0.25, 0.3) is 0 Å². The number of rotatable bonds is 1. The summed E-state index contributed by atoms with van der Waals surface area (Å²) < 4.78 is 36.4. The lowest BCUT2D eigenvalue weighted by Gasteiger charge is -2.33. The molecule has 0 radical (unpaired) electrons. The molecule has 3 heterocycles. The van der Waals surface area contributed by atoms with Gasteiger partial charge in [0.05, 0.1) is 11.0 Å². The van der Waals surface area contributed by atoms with Crippen molar-refractivity contribution in [2.75, 3.05) is 0 Å². The average Bonchev–Trinajstić information content (AvgIpc) is 3.30. The Balaban J connectivity index is 1.39. The van der Waals surface area contributed by atoms with Crippen molar-refractivity contribution in [2.24, 2.45) is 0 Å². The molecule has 0 saturated carbocycles. The lowest BCUT2D eigenvalue weighted by molar-refractivity contribution is 0.666. The van der Waals surface area contributed by atoms with Crippen molar-refractivity contribution in [2.45, 2.75) is 45.3 Å². The van der Waals surface area contributed by atoms with Crippen LogP contribution >= 0.6 is 23.5 Å². The van der Waals surface area contributed by atoms with Gasteiger partial charge >= 0.3 is 0 Å². The molecule has 4 aromatic carbocycles. The average molecular weight is 475 g/mol. The van der Waals surface area contributed by atoms with Crippen LogP contribution in [0.25, 0.3) is 16.6 Å². The molecule has 8 rings (SSSR count). The summed E-state index contributed by atoms with van der Waals surface area (Å²) in [5, 5.41) is 0.698. The molecule has 0 spiro atoms. The number of fused-ring (bicyclic) bond motifs is 7. The van der Waals surface area contributed by atoms with Gasteiger partial charge < -0.3 is 4.57 Å². The lowest BCUT2D eigenvalue weighted by Crippen LogP contribution is -2.57. The monoisotopic (exact) mass is 475 g/mol. The molecule has 162 valence electrons. The Bertz CT molecular complexity index is 1850. The van der Waals surface area contributed by atoms with E-state index < -0.39 is 0 Å². The summed E-state index contributed by atoms with van der Waals surface area (Å²) in [5.41, 5.74) is 7.89. The van der Waals surface area contributed by atoms with E-state index in [1.54, 1.807) is 0 Å². The fourth-order valence-electron chi connectivity index (χ4n) is 6.02. The number of para-hydroxylation sites is 1. The Morgan fingerprint density at radius 3 is 2.47 bits per heavy atom. The zero-order valence-corrected chi connectivity index (χ0v) is 20.1. The van der Waals surface area contributed by atoms with Crippen LogP contribution in [-0.2, 0) is 12.8 Å². The predicted molar refractivity (Wildman–Crippen MR) is 146 cm³/mol. The number of nitrogens with zero attached hydrogens (tertiary/aromatic N) is 1. The highest BCUT2D eigenvalue weighted by Gasteiger charge is 2.37. The zero-order chi connectivity index (χ0) is 25.7. The van der Waals surface area contributed by atoms with Crippen molar-refractivity contribution in [3.63, 3.8) is 0 Å². The summed E-state index contributed by atoms with van der Waals surface area (Å²) in [6.45, 7) is 0.191. The van der Waals surface area contributed by atoms with Gasteiger partial charge in [0, 0.05) is 36.3 Å². The third-order valence-corrected chi connectivity index (χ3v) is 9.77. The normalized spacial score (nSPS) is 17.1. The van der Waals surface area contributed by atoms with E-state index in [0.717, 1.165) is 42.6 Å². The van der Waals surface area contributed by atoms with Crippen LogP contribution in [-0.4, -0.2) is 11.3 Å². The second-order valence-electron chi connectivity index (χ2n) is 9.26. The Kier molecular flexibility index (Phi) is 3.45. The van der Waals surface area contributed by atoms with E-state index in [1.165, 1.54) is 36.0 Å². The van der Waals surface area contributed by atoms with Gasteiger partial charge in [-0.3, -0.25) is 0 Å². The van der Waals surface area contributed by atoms with Crippen LogP contribution in [0.5, 0.6) is 0 Å². The van der Waals surface area contributed by atoms with Gasteiger partial charge in [-0.05, 0) is 73.1 Å². The number of aromatic nitrogens is 1. The summed E-state index contributed by atoms with van der Waals surface area (Å²) in [5.74, 6) is 0. The summed E-state index contributed by atoms with van der Waals surface area (Å²) in [6, 6.07) is 21.8. The minimum atomic E-state index is -0.163. The second kappa shape index (κ2) is 7.34. The Morgan fingerprint density at radius 2 is 1.53 bits per heavy atom. The van der Waals surface area contributed by atoms with Gasteiger partial charge in [0.15, 0.2) is 0 Å². The van der Waals surface area contributed by atoms with E-state index in [-0.39, 0.29) is 30.9 Å². The third-order valence-electron chi connectivity index (χ3n) is 7.45. The summed E-state index contributed by atoms with van der Waals surface area (Å²) in [4.78, 5) is 5.15. The standard InChI is InChI=1S/C30H22BNS2/c1-4-11-24-20(8-1)21-9-2-5-12-25(21)32(24)19-16-17-23-29(18-19)34-28-15-7-14-27-30(28)31(23)22-10-3-6-13-26(22)33-27/h1,3-4,6-8,10-11,13-18H,2,5,9,12H2/i1D,4D,8D,11D. The summed E-state index contributed by atoms with van der Waals surface area (Å²) in [7, 11) is 0. The van der Waals surface area contributed by atoms with Crippen LogP contribution in [0.4, 0.5) is 0 Å².